The summed E-state index contributed by atoms with van der Waals surface area (Å²) in [7, 11) is 0. The second-order valence-electron chi connectivity index (χ2n) is 6.62. The zero-order chi connectivity index (χ0) is 21.6. The Kier molecular flexibility index (Phi) is 6.30. The van der Waals surface area contributed by atoms with Gasteiger partial charge in [0.1, 0.15) is 5.75 Å². The van der Waals surface area contributed by atoms with E-state index in [1.807, 2.05) is 54.6 Å². The maximum Gasteiger partial charge on any atom is 0.270 e. The highest BCUT2D eigenvalue weighted by molar-refractivity contribution is 7.99. The summed E-state index contributed by atoms with van der Waals surface area (Å²) in [5.74, 6) is 0.134. The Hall–Kier alpha value is -3.62. The highest BCUT2D eigenvalue weighted by Crippen LogP contribution is 2.34. The molecule has 3 aromatic carbocycles. The minimum atomic E-state index is -0.483. The summed E-state index contributed by atoms with van der Waals surface area (Å²) in [4.78, 5) is 25.3. The summed E-state index contributed by atoms with van der Waals surface area (Å²) in [6, 6.07) is 20.2. The average Bonchev–Trinajstić information content (AvgIpc) is 2.79. The molecule has 0 spiro atoms. The Bertz CT molecular complexity index is 1150. The quantitative estimate of drug-likeness (QED) is 0.323. The van der Waals surface area contributed by atoms with Gasteiger partial charge in [0.2, 0.25) is 5.91 Å². The molecule has 31 heavy (non-hydrogen) atoms. The van der Waals surface area contributed by atoms with Gasteiger partial charge < -0.3 is 14.8 Å². The van der Waals surface area contributed by atoms with E-state index in [9.17, 15) is 14.9 Å². The van der Waals surface area contributed by atoms with Gasteiger partial charge in [-0.15, -0.1) is 0 Å². The number of carbonyl (C=O) groups excluding carboxylic acids is 1. The number of nitrogens with one attached hydrogen (secondary N) is 1. The molecule has 4 rings (SSSR count). The molecule has 156 valence electrons. The fourth-order valence-electron chi connectivity index (χ4n) is 3.07. The average molecular weight is 434 g/mol. The summed E-state index contributed by atoms with van der Waals surface area (Å²) in [6.45, 7) is 0.274. The number of ether oxygens (including phenoxy) is 2. The number of fused-ring (bicyclic) bond motifs is 1. The first-order valence-electron chi connectivity index (χ1n) is 9.43. The van der Waals surface area contributed by atoms with Crippen molar-refractivity contribution in [3.05, 3.63) is 94.0 Å². The number of hydrogen-bond acceptors (Lipinski definition) is 6. The van der Waals surface area contributed by atoms with Crippen molar-refractivity contribution in [2.45, 2.75) is 16.4 Å². The molecule has 8 heteroatoms. The molecule has 1 amide bonds. The van der Waals surface area contributed by atoms with Crippen LogP contribution in [-0.4, -0.2) is 17.6 Å². The first-order valence-corrected chi connectivity index (χ1v) is 10.2. The molecular formula is C23H18N2O5S. The molecular weight excluding hydrogens is 416 g/mol. The van der Waals surface area contributed by atoms with E-state index in [1.54, 1.807) is 11.8 Å². The van der Waals surface area contributed by atoms with Gasteiger partial charge in [-0.2, -0.15) is 0 Å². The minimum Gasteiger partial charge on any atom is -0.467 e. The fourth-order valence-corrected chi connectivity index (χ4v) is 4.00. The highest BCUT2D eigenvalue weighted by Gasteiger charge is 2.20. The first kappa shape index (κ1) is 20.6. The molecule has 1 N–H and O–H groups in total. The van der Waals surface area contributed by atoms with Crippen LogP contribution in [0.2, 0.25) is 0 Å². The van der Waals surface area contributed by atoms with E-state index in [1.165, 1.54) is 24.3 Å². The van der Waals surface area contributed by atoms with Crippen LogP contribution in [0.4, 0.5) is 11.4 Å². The fraction of sp³-hybridized carbons (Fsp3) is 0.0870. The van der Waals surface area contributed by atoms with Crippen LogP contribution >= 0.6 is 11.8 Å². The largest absolute Gasteiger partial charge is 0.467 e. The summed E-state index contributed by atoms with van der Waals surface area (Å²) >= 11 is 1.55. The van der Waals surface area contributed by atoms with Crippen LogP contribution in [0, 0.1) is 10.1 Å². The topological polar surface area (TPSA) is 90.7 Å². The smallest absolute Gasteiger partial charge is 0.270 e. The van der Waals surface area contributed by atoms with Crippen LogP contribution < -0.4 is 10.1 Å². The lowest BCUT2D eigenvalue weighted by atomic mass is 10.1. The van der Waals surface area contributed by atoms with E-state index >= 15 is 0 Å². The summed E-state index contributed by atoms with van der Waals surface area (Å²) in [5, 5.41) is 14.1. The van der Waals surface area contributed by atoms with E-state index in [2.05, 4.69) is 5.32 Å². The zero-order valence-corrected chi connectivity index (χ0v) is 17.1. The number of anilines is 1. The molecule has 0 saturated heterocycles. The number of non-ortho nitro benzene ring substituents is 1. The highest BCUT2D eigenvalue weighted by atomic mass is 32.2. The van der Waals surface area contributed by atoms with E-state index in [4.69, 9.17) is 9.47 Å². The molecule has 0 bridgehead atoms. The van der Waals surface area contributed by atoms with Gasteiger partial charge in [0, 0.05) is 39.1 Å². The Labute approximate surface area is 182 Å². The molecule has 1 aliphatic heterocycles. The van der Waals surface area contributed by atoms with Crippen LogP contribution in [0.1, 0.15) is 11.1 Å². The van der Waals surface area contributed by atoms with Crippen molar-refractivity contribution in [2.75, 3.05) is 12.1 Å². The second-order valence-corrected chi connectivity index (χ2v) is 7.74. The number of para-hydroxylation sites is 1. The molecule has 0 radical (unpaired) electrons. The number of carbonyl (C=O) groups is 1. The van der Waals surface area contributed by atoms with Crippen molar-refractivity contribution in [1.82, 2.24) is 0 Å². The lowest BCUT2D eigenvalue weighted by Crippen LogP contribution is -2.13. The van der Waals surface area contributed by atoms with Gasteiger partial charge in [-0.25, -0.2) is 0 Å². The first-order chi connectivity index (χ1) is 15.1. The lowest BCUT2D eigenvalue weighted by molar-refractivity contribution is -0.385. The molecule has 0 aliphatic carbocycles. The maximum atomic E-state index is 12.6. The van der Waals surface area contributed by atoms with Gasteiger partial charge in [0.05, 0.1) is 17.2 Å². The molecule has 0 atom stereocenters. The predicted molar refractivity (Wildman–Crippen MR) is 118 cm³/mol. The molecule has 0 aromatic heterocycles. The Morgan fingerprint density at radius 1 is 1.10 bits per heavy atom. The molecule has 0 unspecified atom stereocenters. The minimum absolute atomic E-state index is 0.0575. The van der Waals surface area contributed by atoms with Crippen molar-refractivity contribution < 1.29 is 19.2 Å². The predicted octanol–water partition coefficient (Wildman–Crippen LogP) is 5.26. The number of amides is 1. The molecule has 1 aliphatic rings. The third-order valence-electron chi connectivity index (χ3n) is 4.46. The van der Waals surface area contributed by atoms with E-state index in [0.29, 0.717) is 22.6 Å². The summed E-state index contributed by atoms with van der Waals surface area (Å²) in [6.07, 6.45) is 2.85. The number of nitrogens with zero attached hydrogens (tertiary/aromatic N) is 1. The monoisotopic (exact) mass is 434 g/mol. The molecule has 1 heterocycles. The molecule has 7 nitrogen and oxygen atoms in total. The summed E-state index contributed by atoms with van der Waals surface area (Å²) in [5.41, 5.74) is 1.62. The van der Waals surface area contributed by atoms with Crippen LogP contribution in [0.25, 0.3) is 6.08 Å². The van der Waals surface area contributed by atoms with Gasteiger partial charge in [-0.05, 0) is 30.3 Å². The molecule has 0 fully saturated rings. The van der Waals surface area contributed by atoms with Crippen molar-refractivity contribution in [2.24, 2.45) is 0 Å². The van der Waals surface area contributed by atoms with E-state index in [-0.39, 0.29) is 25.0 Å². The normalized spacial score (nSPS) is 12.8. The van der Waals surface area contributed by atoms with Gasteiger partial charge in [0.25, 0.3) is 5.69 Å². The van der Waals surface area contributed by atoms with Gasteiger partial charge >= 0.3 is 0 Å². The number of benzene rings is 3. The third-order valence-corrected chi connectivity index (χ3v) is 5.55. The van der Waals surface area contributed by atoms with Crippen molar-refractivity contribution in [3.63, 3.8) is 0 Å². The third kappa shape index (κ3) is 5.11. The molecule has 3 aromatic rings. The van der Waals surface area contributed by atoms with E-state index in [0.717, 1.165) is 9.79 Å². The number of hydrogen-bond donors (Lipinski definition) is 1. The van der Waals surface area contributed by atoms with Crippen molar-refractivity contribution in [3.8, 4) is 5.75 Å². The van der Waals surface area contributed by atoms with Crippen LogP contribution in [0.15, 0.2) is 82.6 Å². The van der Waals surface area contributed by atoms with Crippen molar-refractivity contribution in [1.29, 1.82) is 0 Å². The summed E-state index contributed by atoms with van der Waals surface area (Å²) < 4.78 is 10.7. The van der Waals surface area contributed by atoms with Crippen LogP contribution in [-0.2, 0) is 16.1 Å². The molecule has 0 saturated carbocycles. The van der Waals surface area contributed by atoms with Gasteiger partial charge in [-0.1, -0.05) is 42.1 Å². The Morgan fingerprint density at radius 2 is 1.87 bits per heavy atom. The standard InChI is InChI=1S/C23H18N2O5S/c26-22(24-20-8-4-5-9-21(20)31-19-6-2-1-3-7-19)11-10-16-12-18(25(27)28)13-17-14-29-15-30-23(16)17/h1-13H,14-15H2,(H,24,26)/b11-10+. The lowest BCUT2D eigenvalue weighted by Gasteiger charge is -2.19. The second kappa shape index (κ2) is 9.46. The zero-order valence-electron chi connectivity index (χ0n) is 16.3. The SMILES string of the molecule is O=C(/C=C/c1cc([N+](=O)[O-])cc2c1OCOC2)Nc1ccccc1Sc1ccccc1. The maximum absolute atomic E-state index is 12.6. The number of nitro groups is 1. The number of nitro benzene ring substituents is 1. The van der Waals surface area contributed by atoms with Gasteiger partial charge in [0.15, 0.2) is 6.79 Å². The van der Waals surface area contributed by atoms with Crippen LogP contribution in [0.3, 0.4) is 0 Å². The van der Waals surface area contributed by atoms with Gasteiger partial charge in [-0.3, -0.25) is 14.9 Å². The number of rotatable bonds is 6. The van der Waals surface area contributed by atoms with E-state index < -0.39 is 4.92 Å². The van der Waals surface area contributed by atoms with Crippen molar-refractivity contribution >= 4 is 35.1 Å². The Morgan fingerprint density at radius 3 is 2.68 bits per heavy atom. The Balaban J connectivity index is 1.54. The van der Waals surface area contributed by atoms with Crippen LogP contribution in [0.5, 0.6) is 5.75 Å².